The molecule has 0 unspecified atom stereocenters. The van der Waals surface area contributed by atoms with Crippen molar-refractivity contribution in [3.63, 3.8) is 0 Å². The van der Waals surface area contributed by atoms with Crippen molar-refractivity contribution in [2.75, 3.05) is 13.6 Å². The van der Waals surface area contributed by atoms with E-state index in [1.165, 1.54) is 0 Å². The van der Waals surface area contributed by atoms with Crippen LogP contribution < -0.4 is 0 Å². The smallest absolute Gasteiger partial charge is 0.133 e. The van der Waals surface area contributed by atoms with Gasteiger partial charge in [-0.1, -0.05) is 31.5 Å². The van der Waals surface area contributed by atoms with Gasteiger partial charge in [0.25, 0.3) is 0 Å². The number of hydrogen-bond acceptors (Lipinski definition) is 2. The monoisotopic (exact) mass is 212 g/mol. The van der Waals surface area contributed by atoms with Crippen molar-refractivity contribution in [1.82, 2.24) is 9.88 Å². The average Bonchev–Trinajstić information content (AvgIpc) is 2.07. The molecule has 0 saturated heterocycles. The molecule has 0 spiro atoms. The third kappa shape index (κ3) is 3.64. The first-order chi connectivity index (χ1) is 6.59. The number of rotatable bonds is 4. The number of pyridine rings is 1. The lowest BCUT2D eigenvalue weighted by molar-refractivity contribution is 0.288. The third-order valence-electron chi connectivity index (χ3n) is 1.95. The predicted molar refractivity (Wildman–Crippen MR) is 60.4 cm³/mol. The Morgan fingerprint density at radius 2 is 2.21 bits per heavy atom. The Morgan fingerprint density at radius 3 is 2.79 bits per heavy atom. The molecule has 78 valence electrons. The molecule has 1 aromatic heterocycles. The summed E-state index contributed by atoms with van der Waals surface area (Å²) < 4.78 is 0. The first-order valence-electron chi connectivity index (χ1n) is 4.87. The number of nitrogens with zero attached hydrogens (tertiary/aromatic N) is 2. The van der Waals surface area contributed by atoms with E-state index in [4.69, 9.17) is 11.6 Å². The maximum atomic E-state index is 5.97. The molecule has 0 aliphatic carbocycles. The molecule has 0 amide bonds. The summed E-state index contributed by atoms with van der Waals surface area (Å²) in [5.74, 6) is 0.676. The van der Waals surface area contributed by atoms with Gasteiger partial charge < -0.3 is 4.90 Å². The highest BCUT2D eigenvalue weighted by atomic mass is 35.5. The van der Waals surface area contributed by atoms with Gasteiger partial charge in [-0.2, -0.15) is 0 Å². The lowest BCUT2D eigenvalue weighted by Gasteiger charge is -2.19. The van der Waals surface area contributed by atoms with Crippen LogP contribution in [-0.2, 0) is 6.54 Å². The van der Waals surface area contributed by atoms with Crippen LogP contribution in [0.25, 0.3) is 0 Å². The molecule has 0 saturated carbocycles. The molecule has 0 atom stereocenters. The molecule has 0 aliphatic heterocycles. The van der Waals surface area contributed by atoms with Crippen molar-refractivity contribution >= 4 is 11.6 Å². The second-order valence-corrected chi connectivity index (χ2v) is 4.40. The van der Waals surface area contributed by atoms with E-state index in [-0.39, 0.29) is 0 Å². The van der Waals surface area contributed by atoms with Crippen LogP contribution >= 0.6 is 11.6 Å². The minimum absolute atomic E-state index is 0.614. The van der Waals surface area contributed by atoms with Crippen LogP contribution in [0.1, 0.15) is 19.4 Å². The maximum Gasteiger partial charge on any atom is 0.133 e. The minimum atomic E-state index is 0.614. The fourth-order valence-electron chi connectivity index (χ4n) is 1.52. The van der Waals surface area contributed by atoms with E-state index in [0.29, 0.717) is 11.1 Å². The predicted octanol–water partition coefficient (Wildman–Crippen LogP) is 2.82. The Labute approximate surface area is 90.9 Å². The molecule has 0 bridgehead atoms. The maximum absolute atomic E-state index is 5.97. The van der Waals surface area contributed by atoms with Gasteiger partial charge in [-0.05, 0) is 19.0 Å². The van der Waals surface area contributed by atoms with Crippen LogP contribution in [0.4, 0.5) is 0 Å². The van der Waals surface area contributed by atoms with Gasteiger partial charge in [-0.25, -0.2) is 4.98 Å². The number of aromatic nitrogens is 1. The molecule has 14 heavy (non-hydrogen) atoms. The first-order valence-corrected chi connectivity index (χ1v) is 5.25. The van der Waals surface area contributed by atoms with Crippen molar-refractivity contribution in [2.45, 2.75) is 20.4 Å². The largest absolute Gasteiger partial charge is 0.302 e. The van der Waals surface area contributed by atoms with Gasteiger partial charge in [-0.15, -0.1) is 0 Å². The lowest BCUT2D eigenvalue weighted by atomic mass is 10.2. The molecule has 3 heteroatoms. The fourth-order valence-corrected chi connectivity index (χ4v) is 1.70. The zero-order chi connectivity index (χ0) is 10.6. The first kappa shape index (κ1) is 11.5. The summed E-state index contributed by atoms with van der Waals surface area (Å²) in [5, 5.41) is 0.614. The van der Waals surface area contributed by atoms with Gasteiger partial charge in [0.05, 0.1) is 0 Å². The molecule has 1 heterocycles. The van der Waals surface area contributed by atoms with Crippen LogP contribution in [-0.4, -0.2) is 23.5 Å². The van der Waals surface area contributed by atoms with Crippen molar-refractivity contribution in [1.29, 1.82) is 0 Å². The summed E-state index contributed by atoms with van der Waals surface area (Å²) >= 11 is 5.97. The SMILES string of the molecule is CC(C)CN(C)Cc1cccnc1Cl. The van der Waals surface area contributed by atoms with E-state index >= 15 is 0 Å². The minimum Gasteiger partial charge on any atom is -0.302 e. The van der Waals surface area contributed by atoms with Crippen LogP contribution in [0.2, 0.25) is 5.15 Å². The quantitative estimate of drug-likeness (QED) is 0.714. The molecular formula is C11H17ClN2. The van der Waals surface area contributed by atoms with Gasteiger partial charge >= 0.3 is 0 Å². The second kappa shape index (κ2) is 5.32. The van der Waals surface area contributed by atoms with Gasteiger partial charge in [0.2, 0.25) is 0 Å². The molecule has 0 radical (unpaired) electrons. The summed E-state index contributed by atoms with van der Waals surface area (Å²) in [6.07, 6.45) is 1.72. The molecule has 0 aliphatic rings. The van der Waals surface area contributed by atoms with E-state index < -0.39 is 0 Å². The van der Waals surface area contributed by atoms with Crippen LogP contribution in [0.15, 0.2) is 18.3 Å². The van der Waals surface area contributed by atoms with E-state index in [0.717, 1.165) is 18.7 Å². The zero-order valence-electron chi connectivity index (χ0n) is 9.00. The molecule has 0 N–H and O–H groups in total. The van der Waals surface area contributed by atoms with Gasteiger partial charge in [0.15, 0.2) is 0 Å². The van der Waals surface area contributed by atoms with E-state index in [2.05, 4.69) is 30.8 Å². The molecule has 0 fully saturated rings. The second-order valence-electron chi connectivity index (χ2n) is 4.04. The Bertz CT molecular complexity index is 286. The Morgan fingerprint density at radius 1 is 1.50 bits per heavy atom. The Balaban J connectivity index is 2.56. The summed E-state index contributed by atoms with van der Waals surface area (Å²) in [5.41, 5.74) is 1.09. The van der Waals surface area contributed by atoms with E-state index in [1.807, 2.05) is 12.1 Å². The topological polar surface area (TPSA) is 16.1 Å². The lowest BCUT2D eigenvalue weighted by Crippen LogP contribution is -2.22. The molecular weight excluding hydrogens is 196 g/mol. The van der Waals surface area contributed by atoms with Gasteiger partial charge in [-0.3, -0.25) is 0 Å². The van der Waals surface area contributed by atoms with Crippen molar-refractivity contribution in [3.8, 4) is 0 Å². The molecule has 0 aromatic carbocycles. The molecule has 1 aromatic rings. The van der Waals surface area contributed by atoms with E-state index in [1.54, 1.807) is 6.20 Å². The summed E-state index contributed by atoms with van der Waals surface area (Å²) in [6, 6.07) is 3.94. The normalized spacial score (nSPS) is 11.3. The van der Waals surface area contributed by atoms with Crippen LogP contribution in [0.3, 0.4) is 0 Å². The Hall–Kier alpha value is -0.600. The molecule has 1 rings (SSSR count). The summed E-state index contributed by atoms with van der Waals surface area (Å²) in [7, 11) is 2.10. The van der Waals surface area contributed by atoms with Crippen LogP contribution in [0.5, 0.6) is 0 Å². The highest BCUT2D eigenvalue weighted by Gasteiger charge is 2.05. The average molecular weight is 213 g/mol. The standard InChI is InChI=1S/C11H17ClN2/c1-9(2)7-14(3)8-10-5-4-6-13-11(10)12/h4-6,9H,7-8H2,1-3H3. The van der Waals surface area contributed by atoms with Crippen molar-refractivity contribution < 1.29 is 0 Å². The van der Waals surface area contributed by atoms with E-state index in [9.17, 15) is 0 Å². The summed E-state index contributed by atoms with van der Waals surface area (Å²) in [6.45, 7) is 6.36. The third-order valence-corrected chi connectivity index (χ3v) is 2.29. The van der Waals surface area contributed by atoms with Gasteiger partial charge in [0.1, 0.15) is 5.15 Å². The molecule has 2 nitrogen and oxygen atoms in total. The van der Waals surface area contributed by atoms with Crippen molar-refractivity contribution in [3.05, 3.63) is 29.0 Å². The highest BCUT2D eigenvalue weighted by molar-refractivity contribution is 6.30. The highest BCUT2D eigenvalue weighted by Crippen LogP contribution is 2.13. The Kier molecular flexibility index (Phi) is 4.36. The zero-order valence-corrected chi connectivity index (χ0v) is 9.75. The number of halogens is 1. The fraction of sp³-hybridized carbons (Fsp3) is 0.545. The summed E-state index contributed by atoms with van der Waals surface area (Å²) in [4.78, 5) is 6.31. The van der Waals surface area contributed by atoms with Gasteiger partial charge in [0, 0.05) is 24.8 Å². The van der Waals surface area contributed by atoms with Crippen LogP contribution in [0, 0.1) is 5.92 Å². The van der Waals surface area contributed by atoms with Crippen molar-refractivity contribution in [2.24, 2.45) is 5.92 Å². The number of hydrogen-bond donors (Lipinski definition) is 0.